The average Bonchev–Trinajstić information content (AvgIpc) is 2.44. The summed E-state index contributed by atoms with van der Waals surface area (Å²) < 4.78 is 0. The van der Waals surface area contributed by atoms with E-state index in [1.807, 2.05) is 36.4 Å². The van der Waals surface area contributed by atoms with Crippen LogP contribution in [0.5, 0.6) is 0 Å². The maximum atomic E-state index is 11.4. The highest BCUT2D eigenvalue weighted by Crippen LogP contribution is 2.18. The second-order valence-corrected chi connectivity index (χ2v) is 5.17. The van der Waals surface area contributed by atoms with Crippen LogP contribution in [0.25, 0.3) is 0 Å². The number of hydrogen-bond donors (Lipinski definition) is 1. The van der Waals surface area contributed by atoms with Gasteiger partial charge in [-0.1, -0.05) is 29.8 Å². The lowest BCUT2D eigenvalue weighted by Gasteiger charge is -2.12. The van der Waals surface area contributed by atoms with Gasteiger partial charge in [-0.05, 0) is 49.1 Å². The molecule has 0 spiro atoms. The lowest BCUT2D eigenvalue weighted by molar-refractivity contribution is -0.141. The summed E-state index contributed by atoms with van der Waals surface area (Å²) >= 11 is 5.92. The van der Waals surface area contributed by atoms with Crippen LogP contribution < -0.4 is 0 Å². The van der Waals surface area contributed by atoms with Crippen LogP contribution in [-0.4, -0.2) is 16.1 Å². The van der Waals surface area contributed by atoms with Crippen LogP contribution in [0, 0.1) is 5.92 Å². The molecule has 1 unspecified atom stereocenters. The van der Waals surface area contributed by atoms with Crippen molar-refractivity contribution in [2.45, 2.75) is 19.3 Å². The number of carboxylic acids is 1. The van der Waals surface area contributed by atoms with Crippen molar-refractivity contribution >= 4 is 17.6 Å². The highest BCUT2D eigenvalue weighted by Gasteiger charge is 2.18. The zero-order valence-electron chi connectivity index (χ0n) is 11.0. The van der Waals surface area contributed by atoms with Gasteiger partial charge in [0, 0.05) is 16.9 Å². The third-order valence-corrected chi connectivity index (χ3v) is 3.43. The van der Waals surface area contributed by atoms with Crippen molar-refractivity contribution in [2.24, 2.45) is 5.92 Å². The van der Waals surface area contributed by atoms with E-state index in [4.69, 9.17) is 11.6 Å². The monoisotopic (exact) mass is 289 g/mol. The second kappa shape index (κ2) is 7.06. The quantitative estimate of drug-likeness (QED) is 0.884. The maximum Gasteiger partial charge on any atom is 0.306 e. The summed E-state index contributed by atoms with van der Waals surface area (Å²) in [6.45, 7) is 0. The first-order valence-electron chi connectivity index (χ1n) is 6.52. The summed E-state index contributed by atoms with van der Waals surface area (Å²) in [5.74, 6) is -1.20. The van der Waals surface area contributed by atoms with Gasteiger partial charge in [-0.2, -0.15) is 0 Å². The molecule has 1 atom stereocenters. The molecule has 1 aromatic heterocycles. The lowest BCUT2D eigenvalue weighted by Crippen LogP contribution is -2.17. The van der Waals surface area contributed by atoms with Crippen LogP contribution in [0.2, 0.25) is 5.02 Å². The van der Waals surface area contributed by atoms with E-state index in [9.17, 15) is 9.90 Å². The topological polar surface area (TPSA) is 50.2 Å². The van der Waals surface area contributed by atoms with E-state index in [1.165, 1.54) is 0 Å². The highest BCUT2D eigenvalue weighted by atomic mass is 35.5. The van der Waals surface area contributed by atoms with Crippen molar-refractivity contribution in [3.05, 3.63) is 64.9 Å². The molecule has 0 aliphatic carbocycles. The number of carbonyl (C=O) groups is 1. The number of pyridine rings is 1. The molecule has 4 heteroatoms. The first-order chi connectivity index (χ1) is 9.65. The molecule has 1 heterocycles. The van der Waals surface area contributed by atoms with Crippen LogP contribution in [-0.2, 0) is 17.6 Å². The molecule has 2 rings (SSSR count). The van der Waals surface area contributed by atoms with E-state index in [0.717, 1.165) is 11.3 Å². The first kappa shape index (κ1) is 14.5. The zero-order valence-corrected chi connectivity index (χ0v) is 11.8. The Hall–Kier alpha value is -1.87. The molecule has 3 nitrogen and oxygen atoms in total. The largest absolute Gasteiger partial charge is 0.481 e. The van der Waals surface area contributed by atoms with Crippen LogP contribution in [0.1, 0.15) is 17.7 Å². The van der Waals surface area contributed by atoms with Gasteiger partial charge >= 0.3 is 5.97 Å². The molecule has 0 saturated heterocycles. The van der Waals surface area contributed by atoms with Crippen molar-refractivity contribution in [3.63, 3.8) is 0 Å². The van der Waals surface area contributed by atoms with Crippen LogP contribution >= 0.6 is 11.6 Å². The summed E-state index contributed by atoms with van der Waals surface area (Å²) in [5, 5.41) is 9.96. The Morgan fingerprint density at radius 1 is 1.25 bits per heavy atom. The van der Waals surface area contributed by atoms with Crippen molar-refractivity contribution < 1.29 is 9.90 Å². The van der Waals surface area contributed by atoms with Crippen molar-refractivity contribution in [3.8, 4) is 0 Å². The van der Waals surface area contributed by atoms with Gasteiger partial charge in [-0.15, -0.1) is 0 Å². The molecule has 0 amide bonds. The minimum Gasteiger partial charge on any atom is -0.481 e. The van der Waals surface area contributed by atoms with E-state index < -0.39 is 11.9 Å². The Morgan fingerprint density at radius 2 is 2.10 bits per heavy atom. The summed E-state index contributed by atoms with van der Waals surface area (Å²) in [7, 11) is 0. The number of carboxylic acid groups (broad SMARTS) is 1. The van der Waals surface area contributed by atoms with Crippen LogP contribution in [0.15, 0.2) is 48.7 Å². The summed E-state index contributed by atoms with van der Waals surface area (Å²) in [6, 6.07) is 13.0. The number of nitrogens with zero attached hydrogens (tertiary/aromatic N) is 1. The number of halogens is 1. The molecule has 1 N–H and O–H groups in total. The van der Waals surface area contributed by atoms with E-state index in [1.54, 1.807) is 12.3 Å². The summed E-state index contributed by atoms with van der Waals surface area (Å²) in [4.78, 5) is 15.6. The predicted octanol–water partition coefficient (Wildman–Crippen LogP) is 3.61. The number of aliphatic carboxylic acids is 1. The minimum atomic E-state index is -0.777. The van der Waals surface area contributed by atoms with Gasteiger partial charge in [0.1, 0.15) is 0 Å². The fraction of sp³-hybridized carbons (Fsp3) is 0.250. The fourth-order valence-corrected chi connectivity index (χ4v) is 2.34. The van der Waals surface area contributed by atoms with Crippen LogP contribution in [0.4, 0.5) is 0 Å². The van der Waals surface area contributed by atoms with E-state index >= 15 is 0 Å². The minimum absolute atomic E-state index is 0.421. The third-order valence-electron chi connectivity index (χ3n) is 3.20. The maximum absolute atomic E-state index is 11.4. The normalized spacial score (nSPS) is 12.1. The molecule has 0 aliphatic heterocycles. The van der Waals surface area contributed by atoms with Gasteiger partial charge in [0.05, 0.1) is 5.92 Å². The fourth-order valence-electron chi connectivity index (χ4n) is 2.13. The number of hydrogen-bond acceptors (Lipinski definition) is 2. The molecule has 0 fully saturated rings. The van der Waals surface area contributed by atoms with E-state index in [2.05, 4.69) is 4.98 Å². The molecule has 0 bridgehead atoms. The van der Waals surface area contributed by atoms with Gasteiger partial charge in [0.2, 0.25) is 0 Å². The Bertz CT molecular complexity index is 572. The average molecular weight is 290 g/mol. The Labute approximate surface area is 123 Å². The number of aromatic nitrogens is 1. The summed E-state index contributed by atoms with van der Waals surface area (Å²) in [5.41, 5.74) is 1.87. The van der Waals surface area contributed by atoms with Crippen molar-refractivity contribution in [1.82, 2.24) is 4.98 Å². The SMILES string of the molecule is O=C(O)C(CCc1ccccn1)Cc1cccc(Cl)c1. The molecular formula is C16H16ClNO2. The molecule has 0 aliphatic rings. The van der Waals surface area contributed by atoms with Crippen LogP contribution in [0.3, 0.4) is 0 Å². The van der Waals surface area contributed by atoms with Gasteiger partial charge in [-0.25, -0.2) is 0 Å². The number of benzene rings is 1. The molecule has 104 valence electrons. The molecule has 0 saturated carbocycles. The summed E-state index contributed by atoms with van der Waals surface area (Å²) in [6.07, 6.45) is 3.45. The molecule has 20 heavy (non-hydrogen) atoms. The molecular weight excluding hydrogens is 274 g/mol. The highest BCUT2D eigenvalue weighted by molar-refractivity contribution is 6.30. The predicted molar refractivity (Wildman–Crippen MR) is 78.8 cm³/mol. The first-order valence-corrected chi connectivity index (χ1v) is 6.90. The van der Waals surface area contributed by atoms with Crippen molar-refractivity contribution in [2.75, 3.05) is 0 Å². The molecule has 2 aromatic rings. The lowest BCUT2D eigenvalue weighted by atomic mass is 9.94. The Morgan fingerprint density at radius 3 is 2.75 bits per heavy atom. The molecule has 1 aromatic carbocycles. The van der Waals surface area contributed by atoms with Gasteiger partial charge in [-0.3, -0.25) is 9.78 Å². The smallest absolute Gasteiger partial charge is 0.306 e. The Kier molecular flexibility index (Phi) is 5.13. The zero-order chi connectivity index (χ0) is 14.4. The third kappa shape index (κ3) is 4.35. The van der Waals surface area contributed by atoms with Crippen molar-refractivity contribution in [1.29, 1.82) is 0 Å². The molecule has 0 radical (unpaired) electrons. The standard InChI is InChI=1S/C16H16ClNO2/c17-14-5-3-4-12(11-14)10-13(16(19)20)7-8-15-6-1-2-9-18-15/h1-6,9,11,13H,7-8,10H2,(H,19,20). The second-order valence-electron chi connectivity index (χ2n) is 4.73. The number of aryl methyl sites for hydroxylation is 1. The number of rotatable bonds is 6. The van der Waals surface area contributed by atoms with E-state index in [-0.39, 0.29) is 0 Å². The van der Waals surface area contributed by atoms with Gasteiger partial charge < -0.3 is 5.11 Å². The van der Waals surface area contributed by atoms with E-state index in [0.29, 0.717) is 24.3 Å². The Balaban J connectivity index is 1.99. The van der Waals surface area contributed by atoms with Gasteiger partial charge in [0.15, 0.2) is 0 Å². The van der Waals surface area contributed by atoms with Gasteiger partial charge in [0.25, 0.3) is 0 Å².